The summed E-state index contributed by atoms with van der Waals surface area (Å²) < 4.78 is 7.40. The van der Waals surface area contributed by atoms with E-state index in [9.17, 15) is 9.59 Å². The van der Waals surface area contributed by atoms with Crippen molar-refractivity contribution in [1.82, 2.24) is 24.8 Å². The Bertz CT molecular complexity index is 1400. The maximum absolute atomic E-state index is 12.7. The number of pyridine rings is 1. The van der Waals surface area contributed by atoms with Gasteiger partial charge in [-0.2, -0.15) is 4.98 Å². The first-order valence-electron chi connectivity index (χ1n) is 14.2. The van der Waals surface area contributed by atoms with E-state index in [-0.39, 0.29) is 24.0 Å². The molecule has 1 unspecified atom stereocenters. The molecule has 6 N–H and O–H groups in total. The van der Waals surface area contributed by atoms with Crippen molar-refractivity contribution in [3.05, 3.63) is 62.4 Å². The molecule has 220 valence electrons. The van der Waals surface area contributed by atoms with Gasteiger partial charge in [-0.15, -0.1) is 0 Å². The first kappa shape index (κ1) is 29.9. The second-order valence-corrected chi connectivity index (χ2v) is 10.6. The first-order chi connectivity index (χ1) is 19.9. The molecule has 4 rings (SSSR count). The number of aromatic amines is 1. The lowest BCUT2D eigenvalue weighted by Gasteiger charge is -2.32. The molecule has 3 aromatic rings. The third-order valence-corrected chi connectivity index (χ3v) is 7.53. The van der Waals surface area contributed by atoms with Crippen molar-refractivity contribution < 1.29 is 9.53 Å². The predicted molar refractivity (Wildman–Crippen MR) is 158 cm³/mol. The fourth-order valence-electron chi connectivity index (χ4n) is 5.07. The molecule has 13 heteroatoms. The van der Waals surface area contributed by atoms with E-state index in [0.29, 0.717) is 42.5 Å². The van der Waals surface area contributed by atoms with E-state index in [2.05, 4.69) is 61.4 Å². The van der Waals surface area contributed by atoms with Crippen LogP contribution in [-0.4, -0.2) is 64.2 Å². The van der Waals surface area contributed by atoms with Crippen molar-refractivity contribution in [3.63, 3.8) is 0 Å². The molecule has 3 heterocycles. The Morgan fingerprint density at radius 2 is 1.98 bits per heavy atom. The number of nitrogens with zero attached hydrogens (tertiary/aromatic N) is 6. The number of unbranched alkanes of at least 4 members (excludes halogenated alkanes) is 1. The average Bonchev–Trinajstić information content (AvgIpc) is 3.29. The van der Waals surface area contributed by atoms with Crippen LogP contribution in [0.3, 0.4) is 0 Å². The predicted octanol–water partition coefficient (Wildman–Crippen LogP) is 2.89. The number of piperidine rings is 1. The Kier molecular flexibility index (Phi) is 10.6. The van der Waals surface area contributed by atoms with Gasteiger partial charge in [0.1, 0.15) is 5.52 Å². The number of anilines is 1. The normalized spacial score (nSPS) is 15.0. The van der Waals surface area contributed by atoms with Crippen LogP contribution < -0.4 is 27.2 Å². The van der Waals surface area contributed by atoms with Crippen molar-refractivity contribution >= 4 is 22.8 Å². The Hall–Kier alpha value is -4.06. The van der Waals surface area contributed by atoms with E-state index in [4.69, 9.17) is 21.7 Å². The summed E-state index contributed by atoms with van der Waals surface area (Å²) in [6.45, 7) is 6.46. The lowest BCUT2D eigenvalue weighted by Crippen LogP contribution is -2.43. The fraction of sp³-hybridized carbons (Fsp3) is 0.536. The second kappa shape index (κ2) is 14.5. The maximum Gasteiger partial charge on any atom is 0.326 e. The summed E-state index contributed by atoms with van der Waals surface area (Å²) in [6, 6.07) is 9.32. The van der Waals surface area contributed by atoms with E-state index < -0.39 is 6.04 Å². The zero-order valence-corrected chi connectivity index (χ0v) is 23.6. The van der Waals surface area contributed by atoms with E-state index in [1.165, 1.54) is 5.56 Å². The summed E-state index contributed by atoms with van der Waals surface area (Å²) in [4.78, 5) is 36.8. The molecule has 0 bridgehead atoms. The molecule has 1 amide bonds. The smallest absolute Gasteiger partial charge is 0.326 e. The third-order valence-electron chi connectivity index (χ3n) is 7.53. The summed E-state index contributed by atoms with van der Waals surface area (Å²) in [6.07, 6.45) is 4.99. The monoisotopic (exact) mass is 564 g/mol. The molecule has 13 nitrogen and oxygen atoms in total. The molecule has 1 fully saturated rings. The maximum atomic E-state index is 12.7. The van der Waals surface area contributed by atoms with E-state index in [0.717, 1.165) is 57.3 Å². The number of imidazole rings is 1. The number of nitrogens with two attached hydrogens (primary N) is 2. The summed E-state index contributed by atoms with van der Waals surface area (Å²) >= 11 is 0. The fourth-order valence-corrected chi connectivity index (χ4v) is 5.07. The molecule has 0 spiro atoms. The van der Waals surface area contributed by atoms with Crippen molar-refractivity contribution in [2.45, 2.75) is 58.2 Å². The van der Waals surface area contributed by atoms with Crippen LogP contribution in [0, 0.1) is 5.92 Å². The Morgan fingerprint density at radius 1 is 1.27 bits per heavy atom. The minimum atomic E-state index is -0.804. The number of carbonyl (C=O) groups excluding carboxylic acids is 1. The highest BCUT2D eigenvalue weighted by atomic mass is 16.5. The van der Waals surface area contributed by atoms with Crippen molar-refractivity contribution in [2.24, 2.45) is 16.8 Å². The largest absolute Gasteiger partial charge is 0.478 e. The number of ether oxygens (including phenoxy) is 1. The lowest BCUT2D eigenvalue weighted by molar-refractivity contribution is -0.122. The Balaban J connectivity index is 1.26. The number of carbonyl (C=O) groups is 1. The molecule has 2 aromatic heterocycles. The van der Waals surface area contributed by atoms with Crippen molar-refractivity contribution in [1.29, 1.82) is 0 Å². The van der Waals surface area contributed by atoms with Crippen LogP contribution in [-0.2, 0) is 17.9 Å². The number of nitrogen functional groups attached to an aromatic ring is 1. The number of hydrogen-bond donors (Lipinski definition) is 4. The number of hydrogen-bond acceptors (Lipinski definition) is 8. The zero-order valence-electron chi connectivity index (χ0n) is 23.6. The van der Waals surface area contributed by atoms with Gasteiger partial charge in [0.05, 0.1) is 24.7 Å². The van der Waals surface area contributed by atoms with E-state index in [1.54, 1.807) is 10.6 Å². The van der Waals surface area contributed by atoms with E-state index >= 15 is 0 Å². The summed E-state index contributed by atoms with van der Waals surface area (Å²) in [5.74, 6) is 0.945. The summed E-state index contributed by atoms with van der Waals surface area (Å²) in [5.41, 5.74) is 23.4. The Morgan fingerprint density at radius 3 is 2.66 bits per heavy atom. The first-order valence-corrected chi connectivity index (χ1v) is 14.2. The number of nitrogens with one attached hydrogen (secondary N) is 2. The number of azide groups is 1. The van der Waals surface area contributed by atoms with Crippen molar-refractivity contribution in [3.8, 4) is 5.88 Å². The number of fused-ring (bicyclic) bond motifs is 1. The number of likely N-dealkylation sites (tertiary alicyclic amines) is 1. The molecule has 1 aliphatic rings. The highest BCUT2D eigenvalue weighted by molar-refractivity contribution is 5.85. The zero-order chi connectivity index (χ0) is 29.2. The van der Waals surface area contributed by atoms with Crippen LogP contribution in [0.2, 0.25) is 0 Å². The van der Waals surface area contributed by atoms with Gasteiger partial charge in [0.2, 0.25) is 11.8 Å². The summed E-state index contributed by atoms with van der Waals surface area (Å²) in [7, 11) is 0. The van der Waals surface area contributed by atoms with Gasteiger partial charge in [-0.1, -0.05) is 42.7 Å². The minimum absolute atomic E-state index is 0.0362. The van der Waals surface area contributed by atoms with Gasteiger partial charge < -0.3 is 26.5 Å². The van der Waals surface area contributed by atoms with Gasteiger partial charge in [0.25, 0.3) is 0 Å². The van der Waals surface area contributed by atoms with Gasteiger partial charge in [0, 0.05) is 30.6 Å². The van der Waals surface area contributed by atoms with Crippen LogP contribution in [0.25, 0.3) is 21.5 Å². The number of aromatic nitrogens is 3. The van der Waals surface area contributed by atoms with Gasteiger partial charge in [-0.25, -0.2) is 4.79 Å². The number of H-pyrrole nitrogens is 1. The number of amides is 1. The molecule has 0 aliphatic carbocycles. The van der Waals surface area contributed by atoms with E-state index in [1.807, 2.05) is 0 Å². The molecular formula is C28H40N10O3. The topological polar surface area (TPSA) is 193 Å². The second-order valence-electron chi connectivity index (χ2n) is 10.6. The molecule has 1 aromatic carbocycles. The molecule has 1 aliphatic heterocycles. The van der Waals surface area contributed by atoms with Crippen LogP contribution in [0.4, 0.5) is 5.82 Å². The summed E-state index contributed by atoms with van der Waals surface area (Å²) in [5, 5.41) is 6.19. The van der Waals surface area contributed by atoms with Gasteiger partial charge in [-0.05, 0) is 61.3 Å². The highest BCUT2D eigenvalue weighted by Gasteiger charge is 2.20. The molecule has 1 saturated heterocycles. The van der Waals surface area contributed by atoms with Crippen LogP contribution in [0.5, 0.6) is 5.88 Å². The average molecular weight is 565 g/mol. The van der Waals surface area contributed by atoms with Crippen LogP contribution in [0.15, 0.2) is 40.2 Å². The highest BCUT2D eigenvalue weighted by Crippen LogP contribution is 2.24. The van der Waals surface area contributed by atoms with Crippen LogP contribution in [0.1, 0.15) is 50.2 Å². The Labute approximate surface area is 238 Å². The molecular weight excluding hydrogens is 524 g/mol. The third kappa shape index (κ3) is 8.23. The van der Waals surface area contributed by atoms with Gasteiger partial charge in [0.15, 0.2) is 5.82 Å². The lowest BCUT2D eigenvalue weighted by atomic mass is 9.93. The number of rotatable bonds is 14. The number of benzene rings is 1. The van der Waals surface area contributed by atoms with Gasteiger partial charge in [-0.3, -0.25) is 14.3 Å². The quantitative estimate of drug-likeness (QED) is 0.1000. The SMILES string of the molecule is CCCCOc1cc2c([nH]c(=O)n2Cc2ccc(CN3CCC(CCNC(=O)C(N)CN=[N+]=[N-])CC3)cc2)c(N)n1. The molecule has 0 saturated carbocycles. The molecule has 0 radical (unpaired) electrons. The van der Waals surface area contributed by atoms with Crippen LogP contribution >= 0.6 is 0 Å². The standard InChI is InChI=1S/C28H40N10O3/c1-2-3-14-41-24-15-23-25(26(30)34-24)35-28(40)38(23)18-21-6-4-20(5-7-21)17-37-12-9-19(10-13-37)8-11-32-27(39)22(29)16-33-36-31/h4-7,15,19,22H,2-3,8-14,16-18,29H2,1H3,(H2,30,34)(H,32,39)(H,35,40). The molecule has 1 atom stereocenters. The van der Waals surface area contributed by atoms with Gasteiger partial charge >= 0.3 is 5.69 Å². The molecule has 41 heavy (non-hydrogen) atoms. The minimum Gasteiger partial charge on any atom is -0.478 e. The van der Waals surface area contributed by atoms with Crippen molar-refractivity contribution in [2.75, 3.05) is 38.5 Å².